The van der Waals surface area contributed by atoms with Crippen molar-refractivity contribution in [3.05, 3.63) is 41.6 Å². The summed E-state index contributed by atoms with van der Waals surface area (Å²) in [7, 11) is 0. The molecular formula is C10H8Cl3NO2. The van der Waals surface area contributed by atoms with Gasteiger partial charge in [0.15, 0.2) is 5.78 Å². The predicted molar refractivity (Wildman–Crippen MR) is 65.0 cm³/mol. The van der Waals surface area contributed by atoms with Crippen molar-refractivity contribution in [1.29, 1.82) is 0 Å². The number of phenols is 1. The highest BCUT2D eigenvalue weighted by atomic mass is 35.6. The second kappa shape index (κ2) is 4.95. The lowest BCUT2D eigenvalue weighted by molar-refractivity contribution is 0.104. The number of hydrogen-bond donors (Lipinski definition) is 2. The quantitative estimate of drug-likeness (QED) is 0.497. The highest BCUT2D eigenvalue weighted by Gasteiger charge is 2.24. The second-order valence-corrected chi connectivity index (χ2v) is 5.26. The molecule has 0 saturated heterocycles. The van der Waals surface area contributed by atoms with E-state index in [1.54, 1.807) is 12.1 Å². The maximum absolute atomic E-state index is 11.6. The molecule has 0 spiro atoms. The molecule has 0 aromatic heterocycles. The minimum Gasteiger partial charge on any atom is -0.507 e. The fraction of sp³-hybridized carbons (Fsp3) is 0.100. The van der Waals surface area contributed by atoms with E-state index in [4.69, 9.17) is 40.5 Å². The first-order valence-corrected chi connectivity index (χ1v) is 5.32. The van der Waals surface area contributed by atoms with E-state index < -0.39 is 9.58 Å². The number of aromatic hydroxyl groups is 1. The van der Waals surface area contributed by atoms with E-state index in [0.29, 0.717) is 0 Å². The minimum atomic E-state index is -1.83. The van der Waals surface area contributed by atoms with E-state index in [9.17, 15) is 9.90 Å². The molecule has 3 nitrogen and oxygen atoms in total. The molecule has 1 aromatic rings. The summed E-state index contributed by atoms with van der Waals surface area (Å²) in [6, 6.07) is 6.02. The summed E-state index contributed by atoms with van der Waals surface area (Å²) in [5, 5.41) is 9.41. The molecule has 0 aliphatic heterocycles. The van der Waals surface area contributed by atoms with Gasteiger partial charge in [-0.1, -0.05) is 46.9 Å². The Morgan fingerprint density at radius 2 is 1.88 bits per heavy atom. The zero-order valence-corrected chi connectivity index (χ0v) is 10.2. The Balaban J connectivity index is 3.02. The highest BCUT2D eigenvalue weighted by molar-refractivity contribution is 6.69. The third-order valence-corrected chi connectivity index (χ3v) is 2.44. The van der Waals surface area contributed by atoms with E-state index in [1.807, 2.05) is 0 Å². The molecule has 0 aliphatic rings. The van der Waals surface area contributed by atoms with Crippen LogP contribution in [0, 0.1) is 0 Å². The summed E-state index contributed by atoms with van der Waals surface area (Å²) in [5.74, 6) is -0.678. The molecule has 0 bridgehead atoms. The third-order valence-electron chi connectivity index (χ3n) is 1.78. The number of hydrogen-bond acceptors (Lipinski definition) is 3. The SMILES string of the molecule is N/C(=C\C(=O)c1ccccc1O)C(Cl)(Cl)Cl. The molecule has 1 rings (SSSR count). The monoisotopic (exact) mass is 279 g/mol. The Labute approximate surface area is 107 Å². The summed E-state index contributed by atoms with van der Waals surface area (Å²) < 4.78 is -1.83. The number of halogens is 3. The topological polar surface area (TPSA) is 63.3 Å². The third kappa shape index (κ3) is 3.30. The molecule has 0 amide bonds. The summed E-state index contributed by atoms with van der Waals surface area (Å²) in [6.45, 7) is 0. The normalized spacial score (nSPS) is 12.6. The fourth-order valence-electron chi connectivity index (χ4n) is 0.983. The first-order valence-electron chi connectivity index (χ1n) is 4.19. The van der Waals surface area contributed by atoms with Gasteiger partial charge in [0.1, 0.15) is 5.75 Å². The smallest absolute Gasteiger partial charge is 0.230 e. The number of para-hydroxylation sites is 1. The molecule has 0 unspecified atom stereocenters. The van der Waals surface area contributed by atoms with Gasteiger partial charge in [-0.05, 0) is 12.1 Å². The van der Waals surface area contributed by atoms with Crippen LogP contribution in [0.5, 0.6) is 5.75 Å². The van der Waals surface area contributed by atoms with E-state index >= 15 is 0 Å². The van der Waals surface area contributed by atoms with Gasteiger partial charge >= 0.3 is 0 Å². The van der Waals surface area contributed by atoms with Gasteiger partial charge in [-0.3, -0.25) is 4.79 Å². The van der Waals surface area contributed by atoms with Crippen LogP contribution in [0.15, 0.2) is 36.0 Å². The number of benzene rings is 1. The van der Waals surface area contributed by atoms with Crippen molar-refractivity contribution in [3.8, 4) is 5.75 Å². The largest absolute Gasteiger partial charge is 0.507 e. The van der Waals surface area contributed by atoms with Crippen molar-refractivity contribution in [2.24, 2.45) is 5.73 Å². The number of nitrogens with two attached hydrogens (primary N) is 1. The van der Waals surface area contributed by atoms with Crippen molar-refractivity contribution in [3.63, 3.8) is 0 Å². The van der Waals surface area contributed by atoms with Crippen LogP contribution in [0.3, 0.4) is 0 Å². The van der Waals surface area contributed by atoms with E-state index in [-0.39, 0.29) is 17.0 Å². The van der Waals surface area contributed by atoms with Gasteiger partial charge in [-0.25, -0.2) is 0 Å². The van der Waals surface area contributed by atoms with Crippen LogP contribution in [0.25, 0.3) is 0 Å². The summed E-state index contributed by atoms with van der Waals surface area (Å²) in [4.78, 5) is 11.6. The van der Waals surface area contributed by atoms with Crippen LogP contribution < -0.4 is 5.73 Å². The van der Waals surface area contributed by atoms with Crippen molar-refractivity contribution in [1.82, 2.24) is 0 Å². The molecule has 0 heterocycles. The molecule has 3 N–H and O–H groups in total. The molecule has 0 aliphatic carbocycles. The van der Waals surface area contributed by atoms with Crippen LogP contribution in [-0.2, 0) is 0 Å². The minimum absolute atomic E-state index is 0.0969. The summed E-state index contributed by atoms with van der Waals surface area (Å²) in [6.07, 6.45) is 0.974. The standard InChI is InChI=1S/C10H8Cl3NO2/c11-10(12,13)9(14)5-8(16)6-3-1-2-4-7(6)15/h1-5,15H,14H2/b9-5-. The number of alkyl halides is 3. The first-order chi connectivity index (χ1) is 7.32. The predicted octanol–water partition coefficient (Wildman–Crippen LogP) is 2.79. The molecule has 6 heteroatoms. The lowest BCUT2D eigenvalue weighted by Crippen LogP contribution is -2.17. The Kier molecular flexibility index (Phi) is 4.08. The maximum Gasteiger partial charge on any atom is 0.230 e. The van der Waals surface area contributed by atoms with E-state index in [2.05, 4.69) is 0 Å². The van der Waals surface area contributed by atoms with Gasteiger partial charge in [0.05, 0.1) is 11.3 Å². The van der Waals surface area contributed by atoms with Crippen LogP contribution in [0.2, 0.25) is 0 Å². The lowest BCUT2D eigenvalue weighted by atomic mass is 10.1. The number of carbonyl (C=O) groups excluding carboxylic acids is 1. The summed E-state index contributed by atoms with van der Waals surface area (Å²) >= 11 is 16.4. The Bertz CT molecular complexity index is 438. The van der Waals surface area contributed by atoms with Crippen LogP contribution in [0.1, 0.15) is 10.4 Å². The van der Waals surface area contributed by atoms with Gasteiger partial charge in [-0.15, -0.1) is 0 Å². The van der Waals surface area contributed by atoms with Gasteiger partial charge in [0.2, 0.25) is 3.79 Å². The molecule has 0 fully saturated rings. The first kappa shape index (κ1) is 13.2. The average molecular weight is 281 g/mol. The number of phenolic OH excluding ortho intramolecular Hbond substituents is 1. The average Bonchev–Trinajstić information content (AvgIpc) is 2.16. The van der Waals surface area contributed by atoms with Crippen molar-refractivity contribution in [2.75, 3.05) is 0 Å². The Morgan fingerprint density at radius 1 is 1.31 bits per heavy atom. The van der Waals surface area contributed by atoms with Crippen LogP contribution >= 0.6 is 34.8 Å². The maximum atomic E-state index is 11.6. The van der Waals surface area contributed by atoms with Gasteiger partial charge in [0, 0.05) is 6.08 Å². The van der Waals surface area contributed by atoms with Gasteiger partial charge in [0.25, 0.3) is 0 Å². The Hall–Kier alpha value is -0.900. The molecule has 86 valence electrons. The molecule has 0 saturated carbocycles. The number of allylic oxidation sites excluding steroid dienone is 2. The zero-order chi connectivity index (χ0) is 12.3. The molecule has 0 atom stereocenters. The lowest BCUT2D eigenvalue weighted by Gasteiger charge is -2.10. The number of carbonyl (C=O) groups is 1. The molecule has 1 aromatic carbocycles. The number of rotatable bonds is 2. The number of ketones is 1. The van der Waals surface area contributed by atoms with Crippen molar-refractivity contribution >= 4 is 40.6 Å². The fourth-order valence-corrected chi connectivity index (χ4v) is 1.15. The van der Waals surface area contributed by atoms with Gasteiger partial charge in [-0.2, -0.15) is 0 Å². The molecule has 0 radical (unpaired) electrons. The second-order valence-electron chi connectivity index (χ2n) is 2.98. The van der Waals surface area contributed by atoms with Crippen LogP contribution in [-0.4, -0.2) is 14.7 Å². The Morgan fingerprint density at radius 3 is 2.38 bits per heavy atom. The van der Waals surface area contributed by atoms with E-state index in [1.165, 1.54) is 12.1 Å². The zero-order valence-electron chi connectivity index (χ0n) is 7.95. The van der Waals surface area contributed by atoms with E-state index in [0.717, 1.165) is 6.08 Å². The molecule has 16 heavy (non-hydrogen) atoms. The van der Waals surface area contributed by atoms with Crippen molar-refractivity contribution in [2.45, 2.75) is 3.79 Å². The summed E-state index contributed by atoms with van der Waals surface area (Å²) in [5.41, 5.74) is 5.30. The molecular weight excluding hydrogens is 272 g/mol. The van der Waals surface area contributed by atoms with Gasteiger partial charge < -0.3 is 10.8 Å². The highest BCUT2D eigenvalue weighted by Crippen LogP contribution is 2.32. The van der Waals surface area contributed by atoms with Crippen molar-refractivity contribution < 1.29 is 9.90 Å². The van der Waals surface area contributed by atoms with Crippen LogP contribution in [0.4, 0.5) is 0 Å².